The summed E-state index contributed by atoms with van der Waals surface area (Å²) in [6, 6.07) is 5.91. The van der Waals surface area contributed by atoms with Crippen molar-refractivity contribution in [2.24, 2.45) is 5.73 Å². The van der Waals surface area contributed by atoms with Crippen LogP contribution in [0.2, 0.25) is 0 Å². The Balaban J connectivity index is 1.72. The standard InChI is InChI=1S/C16H24N2O3/c1-19-16(13(17)11-18-6-2-3-7-18)12-4-5-14-15(10-12)21-9-8-20-14/h4-5,10,13,16H,2-3,6-9,11,17H2,1H3/t13-,16-/m1/s1. The lowest BCUT2D eigenvalue weighted by molar-refractivity contribution is 0.0682. The van der Waals surface area contributed by atoms with Crippen molar-refractivity contribution in [3.63, 3.8) is 0 Å². The Bertz CT molecular complexity index is 475. The van der Waals surface area contributed by atoms with Crippen LogP contribution in [0.15, 0.2) is 18.2 Å². The Morgan fingerprint density at radius 2 is 1.90 bits per heavy atom. The fourth-order valence-corrected chi connectivity index (χ4v) is 3.15. The van der Waals surface area contributed by atoms with E-state index < -0.39 is 0 Å². The molecule has 0 amide bonds. The van der Waals surface area contributed by atoms with Gasteiger partial charge in [0.1, 0.15) is 13.2 Å². The highest BCUT2D eigenvalue weighted by Crippen LogP contribution is 2.34. The van der Waals surface area contributed by atoms with Gasteiger partial charge in [-0.3, -0.25) is 0 Å². The summed E-state index contributed by atoms with van der Waals surface area (Å²) in [5.41, 5.74) is 7.43. The second-order valence-corrected chi connectivity index (χ2v) is 5.73. The maximum atomic E-state index is 6.38. The molecule has 0 aliphatic carbocycles. The normalized spacial score (nSPS) is 21.2. The zero-order valence-corrected chi connectivity index (χ0v) is 12.6. The van der Waals surface area contributed by atoms with E-state index in [-0.39, 0.29) is 12.1 Å². The van der Waals surface area contributed by atoms with Gasteiger partial charge in [-0.1, -0.05) is 6.07 Å². The van der Waals surface area contributed by atoms with Gasteiger partial charge in [0, 0.05) is 19.7 Å². The molecule has 1 aromatic carbocycles. The molecule has 116 valence electrons. The minimum Gasteiger partial charge on any atom is -0.486 e. The van der Waals surface area contributed by atoms with E-state index in [1.54, 1.807) is 7.11 Å². The van der Waals surface area contributed by atoms with Crippen molar-refractivity contribution in [2.45, 2.75) is 25.0 Å². The van der Waals surface area contributed by atoms with Crippen LogP contribution in [-0.2, 0) is 4.74 Å². The molecule has 0 aromatic heterocycles. The third-order valence-corrected chi connectivity index (χ3v) is 4.21. The Morgan fingerprint density at radius 1 is 1.19 bits per heavy atom. The van der Waals surface area contributed by atoms with Crippen LogP contribution < -0.4 is 15.2 Å². The molecule has 2 N–H and O–H groups in total. The molecule has 2 heterocycles. The zero-order valence-electron chi connectivity index (χ0n) is 12.6. The second kappa shape index (κ2) is 6.64. The van der Waals surface area contributed by atoms with Gasteiger partial charge in [-0.15, -0.1) is 0 Å². The monoisotopic (exact) mass is 292 g/mol. The van der Waals surface area contributed by atoms with Crippen molar-refractivity contribution >= 4 is 0 Å². The molecule has 3 rings (SSSR count). The number of fused-ring (bicyclic) bond motifs is 1. The van der Waals surface area contributed by atoms with Gasteiger partial charge in [0.2, 0.25) is 0 Å². The van der Waals surface area contributed by atoms with Gasteiger partial charge in [-0.05, 0) is 43.6 Å². The number of benzene rings is 1. The summed E-state index contributed by atoms with van der Waals surface area (Å²) in [6.07, 6.45) is 2.42. The van der Waals surface area contributed by atoms with Crippen molar-refractivity contribution in [1.29, 1.82) is 0 Å². The predicted octanol–water partition coefficient (Wildman–Crippen LogP) is 1.57. The summed E-state index contributed by atoms with van der Waals surface area (Å²) in [5.74, 6) is 1.59. The fraction of sp³-hybridized carbons (Fsp3) is 0.625. The minimum absolute atomic E-state index is 0.0457. The predicted molar refractivity (Wildman–Crippen MR) is 80.8 cm³/mol. The topological polar surface area (TPSA) is 57.0 Å². The molecule has 21 heavy (non-hydrogen) atoms. The number of methoxy groups -OCH3 is 1. The summed E-state index contributed by atoms with van der Waals surface area (Å²) in [5, 5.41) is 0. The molecule has 1 saturated heterocycles. The van der Waals surface area contributed by atoms with Gasteiger partial charge in [0.05, 0.1) is 6.10 Å². The van der Waals surface area contributed by atoms with E-state index in [0.29, 0.717) is 13.2 Å². The largest absolute Gasteiger partial charge is 0.486 e. The van der Waals surface area contributed by atoms with Crippen LogP contribution in [0, 0.1) is 0 Å². The molecule has 2 aliphatic rings. The molecular formula is C16H24N2O3. The lowest BCUT2D eigenvalue weighted by Gasteiger charge is -2.28. The zero-order chi connectivity index (χ0) is 14.7. The first kappa shape index (κ1) is 14.6. The third-order valence-electron chi connectivity index (χ3n) is 4.21. The van der Waals surface area contributed by atoms with Crippen LogP contribution in [0.1, 0.15) is 24.5 Å². The molecule has 0 unspecified atom stereocenters. The first-order valence-electron chi connectivity index (χ1n) is 7.68. The summed E-state index contributed by atoms with van der Waals surface area (Å²) < 4.78 is 16.8. The van der Waals surface area contributed by atoms with Crippen molar-refractivity contribution in [3.05, 3.63) is 23.8 Å². The molecule has 5 nitrogen and oxygen atoms in total. The van der Waals surface area contributed by atoms with E-state index in [1.807, 2.05) is 18.2 Å². The van der Waals surface area contributed by atoms with Crippen LogP contribution >= 0.6 is 0 Å². The van der Waals surface area contributed by atoms with Crippen LogP contribution in [0.3, 0.4) is 0 Å². The lowest BCUT2D eigenvalue weighted by Crippen LogP contribution is -2.40. The van der Waals surface area contributed by atoms with Crippen LogP contribution in [0.5, 0.6) is 11.5 Å². The van der Waals surface area contributed by atoms with E-state index in [2.05, 4.69) is 4.90 Å². The van der Waals surface area contributed by atoms with E-state index in [1.165, 1.54) is 12.8 Å². The fourth-order valence-electron chi connectivity index (χ4n) is 3.15. The average molecular weight is 292 g/mol. The van der Waals surface area contributed by atoms with Crippen LogP contribution in [-0.4, -0.2) is 50.9 Å². The first-order valence-corrected chi connectivity index (χ1v) is 7.68. The molecule has 2 aliphatic heterocycles. The lowest BCUT2D eigenvalue weighted by atomic mass is 10.0. The molecule has 1 fully saturated rings. The molecule has 0 bridgehead atoms. The maximum Gasteiger partial charge on any atom is 0.161 e. The number of nitrogens with two attached hydrogens (primary N) is 1. The highest BCUT2D eigenvalue weighted by atomic mass is 16.6. The summed E-state index contributed by atoms with van der Waals surface area (Å²) >= 11 is 0. The van der Waals surface area contributed by atoms with Gasteiger partial charge in [-0.25, -0.2) is 0 Å². The van der Waals surface area contributed by atoms with E-state index in [0.717, 1.165) is 36.7 Å². The Hall–Kier alpha value is -1.30. The average Bonchev–Trinajstić information content (AvgIpc) is 3.01. The molecule has 1 aromatic rings. The number of rotatable bonds is 5. The molecule has 0 radical (unpaired) electrons. The van der Waals surface area contributed by atoms with Crippen molar-refractivity contribution in [3.8, 4) is 11.5 Å². The number of ether oxygens (including phenoxy) is 3. The Morgan fingerprint density at radius 3 is 2.62 bits per heavy atom. The molecule has 2 atom stereocenters. The van der Waals surface area contributed by atoms with Crippen LogP contribution in [0.25, 0.3) is 0 Å². The Kier molecular flexibility index (Phi) is 4.63. The van der Waals surface area contributed by atoms with Crippen molar-refractivity contribution < 1.29 is 14.2 Å². The van der Waals surface area contributed by atoms with Gasteiger partial charge < -0.3 is 24.8 Å². The summed E-state index contributed by atoms with van der Waals surface area (Å²) in [7, 11) is 1.71. The highest BCUT2D eigenvalue weighted by molar-refractivity contribution is 5.44. The third kappa shape index (κ3) is 3.31. The molecule has 5 heteroatoms. The second-order valence-electron chi connectivity index (χ2n) is 5.73. The van der Waals surface area contributed by atoms with Gasteiger partial charge in [0.25, 0.3) is 0 Å². The van der Waals surface area contributed by atoms with Gasteiger partial charge in [-0.2, -0.15) is 0 Å². The number of hydrogen-bond acceptors (Lipinski definition) is 5. The minimum atomic E-state index is -0.124. The summed E-state index contributed by atoms with van der Waals surface area (Å²) in [6.45, 7) is 4.35. The SMILES string of the molecule is CO[C@H](c1ccc2c(c1)OCCO2)[C@H](N)CN1CCCC1. The molecular weight excluding hydrogens is 268 g/mol. The van der Waals surface area contributed by atoms with Crippen molar-refractivity contribution in [2.75, 3.05) is 40.0 Å². The summed E-state index contributed by atoms with van der Waals surface area (Å²) in [4.78, 5) is 2.41. The van der Waals surface area contributed by atoms with E-state index in [9.17, 15) is 0 Å². The van der Waals surface area contributed by atoms with E-state index >= 15 is 0 Å². The molecule has 0 saturated carbocycles. The van der Waals surface area contributed by atoms with Crippen LogP contribution in [0.4, 0.5) is 0 Å². The van der Waals surface area contributed by atoms with Gasteiger partial charge >= 0.3 is 0 Å². The number of hydrogen-bond donors (Lipinski definition) is 1. The maximum absolute atomic E-state index is 6.38. The Labute approximate surface area is 126 Å². The number of nitrogens with zero attached hydrogens (tertiary/aromatic N) is 1. The quantitative estimate of drug-likeness (QED) is 0.892. The van der Waals surface area contributed by atoms with E-state index in [4.69, 9.17) is 19.9 Å². The molecule has 0 spiro atoms. The van der Waals surface area contributed by atoms with Gasteiger partial charge in [0.15, 0.2) is 11.5 Å². The van der Waals surface area contributed by atoms with Crippen molar-refractivity contribution in [1.82, 2.24) is 4.90 Å². The highest BCUT2D eigenvalue weighted by Gasteiger charge is 2.25. The smallest absolute Gasteiger partial charge is 0.161 e. The first-order chi connectivity index (χ1) is 10.3. The number of likely N-dealkylation sites (tertiary alicyclic amines) is 1.